The lowest BCUT2D eigenvalue weighted by Crippen LogP contribution is -2.56. The summed E-state index contributed by atoms with van der Waals surface area (Å²) in [6.07, 6.45) is 6.65. The molecule has 1 heterocycles. The third kappa shape index (κ3) is 2.94. The lowest BCUT2D eigenvalue weighted by molar-refractivity contribution is -0.131. The molecule has 0 aromatic carbocycles. The van der Waals surface area contributed by atoms with Gasteiger partial charge >= 0.3 is 0 Å². The number of amides is 2. The zero-order valence-electron chi connectivity index (χ0n) is 12.3. The number of carbonyl (C=O) groups is 2. The molecular formula is C14H24N4O2. The van der Waals surface area contributed by atoms with Crippen LogP contribution in [0.25, 0.3) is 0 Å². The van der Waals surface area contributed by atoms with Crippen molar-refractivity contribution in [1.82, 2.24) is 15.5 Å². The molecule has 2 amide bonds. The monoisotopic (exact) mass is 280 g/mol. The highest BCUT2D eigenvalue weighted by molar-refractivity contribution is 6.08. The highest BCUT2D eigenvalue weighted by Crippen LogP contribution is 2.33. The van der Waals surface area contributed by atoms with Gasteiger partial charge in [0, 0.05) is 20.5 Å². The summed E-state index contributed by atoms with van der Waals surface area (Å²) in [7, 11) is 1.61. The average Bonchev–Trinajstić information content (AvgIpc) is 2.63. The Morgan fingerprint density at radius 1 is 1.45 bits per heavy atom. The molecule has 2 aliphatic rings. The largest absolute Gasteiger partial charge is 0.353 e. The zero-order chi connectivity index (χ0) is 14.8. The minimum atomic E-state index is -0.834. The number of carbonyl (C=O) groups excluding carboxylic acids is 2. The van der Waals surface area contributed by atoms with Gasteiger partial charge in [-0.1, -0.05) is 32.1 Å². The van der Waals surface area contributed by atoms with Gasteiger partial charge < -0.3 is 10.6 Å². The minimum absolute atomic E-state index is 0.109. The first-order valence-electron chi connectivity index (χ1n) is 7.34. The van der Waals surface area contributed by atoms with Crippen LogP contribution in [-0.2, 0) is 9.59 Å². The molecule has 0 aromatic heterocycles. The maximum atomic E-state index is 12.5. The number of nitrogens with zero attached hydrogens (tertiary/aromatic N) is 1. The third-order valence-corrected chi connectivity index (χ3v) is 4.41. The molecule has 0 spiro atoms. The van der Waals surface area contributed by atoms with E-state index in [0.29, 0.717) is 12.3 Å². The lowest BCUT2D eigenvalue weighted by atomic mass is 9.79. The number of hydrogen-bond donors (Lipinski definition) is 3. The standard InChI is InChI=1S/C14H24N4O2/c1-10(19)16-9-14(8-11-6-4-3-5-7-11)12(20)18(2)13(15)17-14/h11H,3-9H2,1-2H3,(H2,15,17)(H,16,19). The fourth-order valence-electron chi connectivity index (χ4n) is 3.28. The van der Waals surface area contributed by atoms with E-state index in [4.69, 9.17) is 5.41 Å². The predicted molar refractivity (Wildman–Crippen MR) is 76.2 cm³/mol. The number of likely N-dealkylation sites (N-methyl/N-ethyl adjacent to an activating group) is 1. The molecule has 2 fully saturated rings. The van der Waals surface area contributed by atoms with Crippen molar-refractivity contribution >= 4 is 17.8 Å². The van der Waals surface area contributed by atoms with E-state index in [1.54, 1.807) is 7.05 Å². The molecule has 0 bridgehead atoms. The van der Waals surface area contributed by atoms with Crippen molar-refractivity contribution in [2.24, 2.45) is 5.92 Å². The maximum Gasteiger partial charge on any atom is 0.256 e. The van der Waals surface area contributed by atoms with Gasteiger partial charge in [0.25, 0.3) is 5.91 Å². The van der Waals surface area contributed by atoms with Crippen molar-refractivity contribution in [2.75, 3.05) is 13.6 Å². The molecule has 3 N–H and O–H groups in total. The first kappa shape index (κ1) is 14.8. The number of nitrogens with one attached hydrogen (secondary N) is 3. The van der Waals surface area contributed by atoms with E-state index in [9.17, 15) is 9.59 Å². The molecule has 112 valence electrons. The molecular weight excluding hydrogens is 256 g/mol. The molecule has 6 heteroatoms. The van der Waals surface area contributed by atoms with Crippen LogP contribution in [0.15, 0.2) is 0 Å². The summed E-state index contributed by atoms with van der Waals surface area (Å²) < 4.78 is 0. The van der Waals surface area contributed by atoms with E-state index in [-0.39, 0.29) is 24.3 Å². The Kier molecular flexibility index (Phi) is 4.30. The molecule has 1 aliphatic carbocycles. The fraction of sp³-hybridized carbons (Fsp3) is 0.786. The molecule has 2 rings (SSSR count). The predicted octanol–water partition coefficient (Wildman–Crippen LogP) is 0.828. The van der Waals surface area contributed by atoms with Crippen molar-refractivity contribution in [3.8, 4) is 0 Å². The van der Waals surface area contributed by atoms with Crippen LogP contribution >= 0.6 is 0 Å². The number of rotatable bonds is 4. The summed E-state index contributed by atoms with van der Waals surface area (Å²) in [5, 5.41) is 13.6. The Morgan fingerprint density at radius 3 is 2.60 bits per heavy atom. The topological polar surface area (TPSA) is 85.3 Å². The molecule has 1 unspecified atom stereocenters. The molecule has 0 radical (unpaired) electrons. The molecule has 20 heavy (non-hydrogen) atoms. The van der Waals surface area contributed by atoms with E-state index < -0.39 is 5.54 Å². The molecule has 1 saturated carbocycles. The maximum absolute atomic E-state index is 12.5. The van der Waals surface area contributed by atoms with Gasteiger partial charge in [0.15, 0.2) is 5.96 Å². The van der Waals surface area contributed by atoms with E-state index in [0.717, 1.165) is 12.8 Å². The SMILES string of the molecule is CC(=O)NCC1(CC2CCCCC2)NC(=N)N(C)C1=O. The summed E-state index contributed by atoms with van der Waals surface area (Å²) in [5.74, 6) is 0.356. The second kappa shape index (κ2) is 5.81. The molecule has 0 aromatic rings. The van der Waals surface area contributed by atoms with E-state index in [1.807, 2.05) is 0 Å². The van der Waals surface area contributed by atoms with Gasteiger partial charge in [0.1, 0.15) is 5.54 Å². The summed E-state index contributed by atoms with van der Waals surface area (Å²) in [4.78, 5) is 25.0. The fourth-order valence-corrected chi connectivity index (χ4v) is 3.28. The summed E-state index contributed by atoms with van der Waals surface area (Å²) in [6.45, 7) is 1.70. The first-order valence-corrected chi connectivity index (χ1v) is 7.34. The highest BCUT2D eigenvalue weighted by atomic mass is 16.2. The van der Waals surface area contributed by atoms with Gasteiger partial charge in [-0.15, -0.1) is 0 Å². The molecule has 1 aliphatic heterocycles. The third-order valence-electron chi connectivity index (χ3n) is 4.41. The van der Waals surface area contributed by atoms with Crippen LogP contribution in [0.1, 0.15) is 45.4 Å². The Bertz CT molecular complexity index is 417. The lowest BCUT2D eigenvalue weighted by Gasteiger charge is -2.32. The van der Waals surface area contributed by atoms with Crippen LogP contribution in [0.3, 0.4) is 0 Å². The van der Waals surface area contributed by atoms with Crippen molar-refractivity contribution < 1.29 is 9.59 Å². The average molecular weight is 280 g/mol. The Balaban J connectivity index is 2.13. The van der Waals surface area contributed by atoms with Gasteiger partial charge in [0.2, 0.25) is 5.91 Å². The van der Waals surface area contributed by atoms with Crippen LogP contribution in [0.2, 0.25) is 0 Å². The second-order valence-corrected chi connectivity index (χ2v) is 6.04. The van der Waals surface area contributed by atoms with Crippen molar-refractivity contribution in [2.45, 2.75) is 51.0 Å². The smallest absolute Gasteiger partial charge is 0.256 e. The summed E-state index contributed by atoms with van der Waals surface area (Å²) in [5.41, 5.74) is -0.834. The van der Waals surface area contributed by atoms with Gasteiger partial charge in [-0.05, 0) is 12.3 Å². The Labute approximate surface area is 119 Å². The molecule has 6 nitrogen and oxygen atoms in total. The van der Waals surface area contributed by atoms with Crippen LogP contribution in [0.5, 0.6) is 0 Å². The van der Waals surface area contributed by atoms with Crippen molar-refractivity contribution in [3.63, 3.8) is 0 Å². The van der Waals surface area contributed by atoms with Gasteiger partial charge in [-0.3, -0.25) is 19.9 Å². The Hall–Kier alpha value is -1.59. The number of hydrogen-bond acceptors (Lipinski definition) is 3. The quantitative estimate of drug-likeness (QED) is 0.713. The Morgan fingerprint density at radius 2 is 2.10 bits per heavy atom. The first-order chi connectivity index (χ1) is 9.44. The van der Waals surface area contributed by atoms with Crippen molar-refractivity contribution in [3.05, 3.63) is 0 Å². The van der Waals surface area contributed by atoms with Gasteiger partial charge in [-0.2, -0.15) is 0 Å². The van der Waals surface area contributed by atoms with Crippen LogP contribution in [0.4, 0.5) is 0 Å². The van der Waals surface area contributed by atoms with Gasteiger partial charge in [0.05, 0.1) is 0 Å². The van der Waals surface area contributed by atoms with Crippen LogP contribution in [0, 0.1) is 11.3 Å². The minimum Gasteiger partial charge on any atom is -0.353 e. The van der Waals surface area contributed by atoms with Gasteiger partial charge in [-0.25, -0.2) is 0 Å². The van der Waals surface area contributed by atoms with E-state index in [1.165, 1.54) is 31.1 Å². The molecule has 1 atom stereocenters. The second-order valence-electron chi connectivity index (χ2n) is 6.04. The summed E-state index contributed by atoms with van der Waals surface area (Å²) >= 11 is 0. The summed E-state index contributed by atoms with van der Waals surface area (Å²) in [6, 6.07) is 0. The van der Waals surface area contributed by atoms with E-state index in [2.05, 4.69) is 10.6 Å². The highest BCUT2D eigenvalue weighted by Gasteiger charge is 2.49. The number of guanidine groups is 1. The molecule has 1 saturated heterocycles. The van der Waals surface area contributed by atoms with Crippen LogP contribution in [-0.4, -0.2) is 41.8 Å². The van der Waals surface area contributed by atoms with Crippen molar-refractivity contribution in [1.29, 1.82) is 5.41 Å². The van der Waals surface area contributed by atoms with Crippen LogP contribution < -0.4 is 10.6 Å². The zero-order valence-corrected chi connectivity index (χ0v) is 12.3. The van der Waals surface area contributed by atoms with E-state index >= 15 is 0 Å². The normalized spacial score (nSPS) is 27.6.